The minimum atomic E-state index is -0.127. The fourth-order valence-electron chi connectivity index (χ4n) is 1.62. The number of hydrogen-bond acceptors (Lipinski definition) is 3. The Morgan fingerprint density at radius 1 is 1.47 bits per heavy atom. The first-order chi connectivity index (χ1) is 8.95. The number of carbonyl (C=O) groups is 1. The number of rotatable bonds is 6. The number of amides is 1. The quantitative estimate of drug-likeness (QED) is 0.843. The van der Waals surface area contributed by atoms with E-state index in [1.165, 1.54) is 0 Å². The van der Waals surface area contributed by atoms with E-state index in [2.05, 4.69) is 21.2 Å². The minimum Gasteiger partial charge on any atom is -0.380 e. The van der Waals surface area contributed by atoms with Crippen LogP contribution < -0.4 is 11.1 Å². The Bertz CT molecular complexity index is 435. The maximum atomic E-state index is 11.9. The molecule has 1 atom stereocenters. The first-order valence-corrected chi connectivity index (χ1v) is 7.06. The number of benzene rings is 1. The number of anilines is 1. The maximum absolute atomic E-state index is 11.9. The molecule has 0 saturated heterocycles. The fraction of sp³-hybridized carbons (Fsp3) is 0.500. The van der Waals surface area contributed by atoms with Gasteiger partial charge in [0, 0.05) is 35.3 Å². The van der Waals surface area contributed by atoms with E-state index < -0.39 is 0 Å². The summed E-state index contributed by atoms with van der Waals surface area (Å²) in [6, 6.07) is 5.53. The number of methoxy groups -OCH3 is 1. The maximum Gasteiger partial charge on any atom is 0.225 e. The van der Waals surface area contributed by atoms with Crippen LogP contribution in [0.5, 0.6) is 0 Å². The topological polar surface area (TPSA) is 64.3 Å². The second-order valence-electron chi connectivity index (χ2n) is 4.86. The van der Waals surface area contributed by atoms with E-state index >= 15 is 0 Å². The van der Waals surface area contributed by atoms with Crippen LogP contribution in [0.25, 0.3) is 0 Å². The van der Waals surface area contributed by atoms with Gasteiger partial charge in [-0.25, -0.2) is 0 Å². The third kappa shape index (κ3) is 4.93. The average molecular weight is 329 g/mol. The molecule has 3 N–H and O–H groups in total. The Labute approximate surface area is 122 Å². The highest BCUT2D eigenvalue weighted by atomic mass is 79.9. The lowest BCUT2D eigenvalue weighted by atomic mass is 10.0. The molecular weight excluding hydrogens is 308 g/mol. The third-order valence-corrected chi connectivity index (χ3v) is 3.70. The highest BCUT2D eigenvalue weighted by Crippen LogP contribution is 2.25. The largest absolute Gasteiger partial charge is 0.380 e. The van der Waals surface area contributed by atoms with Crippen LogP contribution in [-0.2, 0) is 16.1 Å². The molecule has 0 aliphatic heterocycles. The van der Waals surface area contributed by atoms with Crippen molar-refractivity contribution in [3.8, 4) is 0 Å². The van der Waals surface area contributed by atoms with Gasteiger partial charge in [-0.05, 0) is 18.1 Å². The summed E-state index contributed by atoms with van der Waals surface area (Å²) in [7, 11) is 1.62. The molecule has 19 heavy (non-hydrogen) atoms. The van der Waals surface area contributed by atoms with Crippen LogP contribution in [0.4, 0.5) is 5.69 Å². The molecule has 0 radical (unpaired) electrons. The van der Waals surface area contributed by atoms with Gasteiger partial charge >= 0.3 is 0 Å². The molecule has 5 heteroatoms. The smallest absolute Gasteiger partial charge is 0.225 e. The van der Waals surface area contributed by atoms with E-state index in [4.69, 9.17) is 10.5 Å². The van der Waals surface area contributed by atoms with E-state index in [-0.39, 0.29) is 17.9 Å². The lowest BCUT2D eigenvalue weighted by molar-refractivity contribution is -0.116. The zero-order valence-electron chi connectivity index (χ0n) is 11.6. The zero-order valence-corrected chi connectivity index (χ0v) is 13.2. The van der Waals surface area contributed by atoms with E-state index in [1.807, 2.05) is 32.0 Å². The summed E-state index contributed by atoms with van der Waals surface area (Å²) in [5.74, 6) is 0.211. The summed E-state index contributed by atoms with van der Waals surface area (Å²) < 4.78 is 6.06. The van der Waals surface area contributed by atoms with Gasteiger partial charge in [0.05, 0.1) is 6.61 Å². The van der Waals surface area contributed by atoms with Crippen LogP contribution in [0.15, 0.2) is 22.7 Å². The number of hydrogen-bond donors (Lipinski definition) is 2. The predicted octanol–water partition coefficient (Wildman–Crippen LogP) is 2.91. The van der Waals surface area contributed by atoms with Crippen molar-refractivity contribution < 1.29 is 9.53 Å². The summed E-state index contributed by atoms with van der Waals surface area (Å²) in [4.78, 5) is 11.9. The number of halogens is 1. The SMILES string of the molecule is COCc1c(Br)cccc1NC(=O)CC(N)C(C)C. The molecule has 0 aromatic heterocycles. The van der Waals surface area contributed by atoms with Crippen molar-refractivity contribution in [3.05, 3.63) is 28.2 Å². The molecule has 106 valence electrons. The molecule has 0 spiro atoms. The monoisotopic (exact) mass is 328 g/mol. The van der Waals surface area contributed by atoms with Gasteiger partial charge in [0.15, 0.2) is 0 Å². The second-order valence-corrected chi connectivity index (χ2v) is 5.71. The Balaban J connectivity index is 2.76. The number of nitrogens with two attached hydrogens (primary N) is 1. The van der Waals surface area contributed by atoms with Crippen LogP contribution in [0.2, 0.25) is 0 Å². The summed E-state index contributed by atoms with van der Waals surface area (Å²) in [5, 5.41) is 2.89. The van der Waals surface area contributed by atoms with Crippen molar-refractivity contribution >= 4 is 27.5 Å². The van der Waals surface area contributed by atoms with Crippen molar-refractivity contribution in [3.63, 3.8) is 0 Å². The molecule has 1 amide bonds. The summed E-state index contributed by atoms with van der Waals surface area (Å²) in [6.45, 7) is 4.45. The van der Waals surface area contributed by atoms with Gasteiger partial charge in [-0.15, -0.1) is 0 Å². The molecular formula is C14H21BrN2O2. The van der Waals surface area contributed by atoms with Gasteiger partial charge in [-0.2, -0.15) is 0 Å². The van der Waals surface area contributed by atoms with Gasteiger partial charge in [-0.1, -0.05) is 35.8 Å². The second kappa shape index (κ2) is 7.62. The molecule has 4 nitrogen and oxygen atoms in total. The highest BCUT2D eigenvalue weighted by Gasteiger charge is 2.15. The van der Waals surface area contributed by atoms with Crippen molar-refractivity contribution in [2.45, 2.75) is 32.9 Å². The van der Waals surface area contributed by atoms with E-state index in [9.17, 15) is 4.79 Å². The lowest BCUT2D eigenvalue weighted by Gasteiger charge is -2.16. The zero-order chi connectivity index (χ0) is 14.4. The predicted molar refractivity (Wildman–Crippen MR) is 80.9 cm³/mol. The molecule has 0 bridgehead atoms. The summed E-state index contributed by atoms with van der Waals surface area (Å²) in [6.07, 6.45) is 0.316. The van der Waals surface area contributed by atoms with Crippen LogP contribution in [0.1, 0.15) is 25.8 Å². The summed E-state index contributed by atoms with van der Waals surface area (Å²) in [5.41, 5.74) is 7.59. The Morgan fingerprint density at radius 2 is 2.16 bits per heavy atom. The minimum absolute atomic E-state index is 0.0725. The molecule has 0 heterocycles. The lowest BCUT2D eigenvalue weighted by Crippen LogP contribution is -2.31. The van der Waals surface area contributed by atoms with E-state index in [1.54, 1.807) is 7.11 Å². The van der Waals surface area contributed by atoms with Crippen molar-refractivity contribution in [1.82, 2.24) is 0 Å². The highest BCUT2D eigenvalue weighted by molar-refractivity contribution is 9.10. The standard InChI is InChI=1S/C14H21BrN2O2/c1-9(2)12(16)7-14(18)17-13-6-4-5-11(15)10(13)8-19-3/h4-6,9,12H,7-8,16H2,1-3H3,(H,17,18). The number of carbonyl (C=O) groups excluding carboxylic acids is 1. The van der Waals surface area contributed by atoms with Crippen LogP contribution in [0.3, 0.4) is 0 Å². The molecule has 0 fully saturated rings. The molecule has 1 unspecified atom stereocenters. The summed E-state index contributed by atoms with van der Waals surface area (Å²) >= 11 is 3.46. The average Bonchev–Trinajstić information content (AvgIpc) is 2.33. The van der Waals surface area contributed by atoms with E-state index in [0.717, 1.165) is 15.7 Å². The van der Waals surface area contributed by atoms with E-state index in [0.29, 0.717) is 13.0 Å². The van der Waals surface area contributed by atoms with Crippen molar-refractivity contribution in [2.75, 3.05) is 12.4 Å². The molecule has 0 saturated carbocycles. The molecule has 1 aromatic rings. The Kier molecular flexibility index (Phi) is 6.48. The van der Waals surface area contributed by atoms with Gasteiger partial charge in [0.25, 0.3) is 0 Å². The van der Waals surface area contributed by atoms with Gasteiger partial charge in [0.1, 0.15) is 0 Å². The van der Waals surface area contributed by atoms with Crippen LogP contribution in [0, 0.1) is 5.92 Å². The van der Waals surface area contributed by atoms with Gasteiger partial charge in [-0.3, -0.25) is 4.79 Å². The molecule has 1 rings (SSSR count). The molecule has 0 aliphatic carbocycles. The number of ether oxygens (including phenoxy) is 1. The number of nitrogens with one attached hydrogen (secondary N) is 1. The third-order valence-electron chi connectivity index (χ3n) is 2.96. The van der Waals surface area contributed by atoms with Gasteiger partial charge in [0.2, 0.25) is 5.91 Å². The van der Waals surface area contributed by atoms with Crippen molar-refractivity contribution in [2.24, 2.45) is 11.7 Å². The van der Waals surface area contributed by atoms with Crippen LogP contribution in [-0.4, -0.2) is 19.1 Å². The van der Waals surface area contributed by atoms with Crippen molar-refractivity contribution in [1.29, 1.82) is 0 Å². The fourth-order valence-corrected chi connectivity index (χ4v) is 2.10. The molecule has 1 aromatic carbocycles. The first-order valence-electron chi connectivity index (χ1n) is 6.27. The van der Waals surface area contributed by atoms with Crippen LogP contribution >= 0.6 is 15.9 Å². The Hall–Kier alpha value is -0.910. The first kappa shape index (κ1) is 16.1. The Morgan fingerprint density at radius 3 is 2.74 bits per heavy atom. The van der Waals surface area contributed by atoms with Gasteiger partial charge < -0.3 is 15.8 Å². The normalized spacial score (nSPS) is 12.5. The molecule has 0 aliphatic rings.